The molecule has 2 aromatic rings. The first kappa shape index (κ1) is 123. The number of carboxylic acid groups (broad SMARTS) is 6. The van der Waals surface area contributed by atoms with Crippen LogP contribution in [0.3, 0.4) is 0 Å². The maximum Gasteiger partial charge on any atom is 0.326 e. The van der Waals surface area contributed by atoms with Crippen molar-refractivity contribution in [3.05, 3.63) is 59.7 Å². The number of phenols is 1. The van der Waals surface area contributed by atoms with Gasteiger partial charge in [0.2, 0.25) is 92.7 Å². The fourth-order valence-corrected chi connectivity index (χ4v) is 19.4. The minimum Gasteiger partial charge on any atom is -0.508 e. The van der Waals surface area contributed by atoms with Gasteiger partial charge in [0.1, 0.15) is 90.3 Å². The number of hydrogen-bond acceptors (Lipinski definition) is 24. The highest BCUT2D eigenvalue weighted by atomic mass is 32.2. The summed E-state index contributed by atoms with van der Waals surface area (Å²) in [7, 11) is -4.18. The minimum atomic E-state index is -4.18. The van der Waals surface area contributed by atoms with Gasteiger partial charge in [0.25, 0.3) is 0 Å². The third-order valence-corrected chi connectivity index (χ3v) is 28.4. The van der Waals surface area contributed by atoms with E-state index in [4.69, 9.17) is 11.1 Å². The molecule has 0 spiro atoms. The maximum absolute atomic E-state index is 15.0. The number of carbonyl (C=O) groups is 20. The number of nitrogens with one attached hydrogen (secondary N) is 14. The van der Waals surface area contributed by atoms with Crippen LogP contribution in [0.2, 0.25) is 0 Å². The van der Waals surface area contributed by atoms with Crippen molar-refractivity contribution in [2.75, 3.05) is 32.7 Å². The number of benzene rings is 2. The molecule has 4 fully saturated rings. The maximum atomic E-state index is 15.0. The molecular weight excluding hydrogens is 1940 g/mol. The van der Waals surface area contributed by atoms with E-state index in [1.54, 1.807) is 32.9 Å². The van der Waals surface area contributed by atoms with Crippen molar-refractivity contribution in [1.82, 2.24) is 83.2 Å². The largest absolute Gasteiger partial charge is 0.508 e. The first-order chi connectivity index (χ1) is 69.5. The van der Waals surface area contributed by atoms with Crippen molar-refractivity contribution < 1.29 is 140 Å². The number of phenolic OH excluding ortho intramolecular Hbond substituents is 1. The predicted octanol–water partition coefficient (Wildman–Crippen LogP) is 2.54. The molecule has 3 saturated heterocycles. The number of hydrogen-bond donors (Lipinski definition) is 22. The lowest BCUT2D eigenvalue weighted by Gasteiger charge is -2.37. The smallest absolute Gasteiger partial charge is 0.326 e. The third-order valence-electron chi connectivity index (χ3n) is 26.9. The summed E-state index contributed by atoms with van der Waals surface area (Å²) in [5, 5.41) is 107. The molecule has 4 aliphatic rings. The summed E-state index contributed by atoms with van der Waals surface area (Å²) in [6.45, 7) is 12.6. The second kappa shape index (κ2) is 61.4. The zero-order chi connectivity index (χ0) is 109. The monoisotopic (exact) mass is 2090 g/mol. The van der Waals surface area contributed by atoms with E-state index in [0.29, 0.717) is 64.3 Å². The van der Waals surface area contributed by atoms with Gasteiger partial charge in [-0.05, 0) is 169 Å². The van der Waals surface area contributed by atoms with Crippen LogP contribution in [0.5, 0.6) is 5.75 Å². The van der Waals surface area contributed by atoms with Crippen LogP contribution in [0.15, 0.2) is 53.4 Å². The Balaban J connectivity index is 1.03. The molecule has 14 amide bonds. The SMILES string of the molecule is CC[C@H](NC(=O)CCCCCCCCCCCNC(=O)[C@H]1CCCCN1C(=O)[C@H](CCCNC(=N)N)NS(=O)(=O)c1ccc(C(C)(C)C)cc1)C(=O)N[C@@H](CC(=O)O)C(=O)N[C@@H](Cc1ccc(O)cc1)C(=O)N[C@@H](CCC(=O)O)C(=O)N1CCC[C@H]1C(=O)N[C@H](C(=O)N1CCC[C@H]1C(=O)N[C@@H](CCC(=O)O)C(=O)N[C@@H](CCC(=O)O)C(=O)N[C@@H](C)C(=O)N[C@@H](CC1CCCCC1)C(=O)N[C@H](CCC(=O)O)C(=O)O)[C@@H](C)CC. The lowest BCUT2D eigenvalue weighted by atomic mass is 9.84. The van der Waals surface area contributed by atoms with E-state index in [2.05, 4.69) is 68.5 Å². The Morgan fingerprint density at radius 3 is 1.39 bits per heavy atom. The zero-order valence-electron chi connectivity index (χ0n) is 85.0. The Labute approximate surface area is 855 Å². The topological polar surface area (TPSA) is 733 Å². The van der Waals surface area contributed by atoms with E-state index in [0.717, 1.165) is 73.2 Å². The van der Waals surface area contributed by atoms with E-state index in [-0.39, 0.29) is 123 Å². The number of aliphatic carboxylic acids is 6. The Hall–Kier alpha value is -13.2. The molecule has 0 bridgehead atoms. The molecule has 0 aromatic heterocycles. The predicted molar refractivity (Wildman–Crippen MR) is 532 cm³/mol. The molecule has 6 rings (SSSR count). The summed E-state index contributed by atoms with van der Waals surface area (Å²) in [6.07, 6.45) is 6.49. The molecule has 47 nitrogen and oxygen atoms in total. The lowest BCUT2D eigenvalue weighted by molar-refractivity contribution is -0.146. The van der Waals surface area contributed by atoms with E-state index in [9.17, 15) is 135 Å². The number of guanidine groups is 1. The van der Waals surface area contributed by atoms with Crippen molar-refractivity contribution in [2.24, 2.45) is 17.6 Å². The number of piperidine rings is 1. The van der Waals surface area contributed by atoms with Gasteiger partial charge in [0.15, 0.2) is 5.96 Å². The van der Waals surface area contributed by atoms with Gasteiger partial charge in [0, 0.05) is 71.2 Å². The molecule has 0 radical (unpaired) electrons. The number of carboxylic acids is 6. The number of sulfonamides is 1. The summed E-state index contributed by atoms with van der Waals surface area (Å²) >= 11 is 0. The average molecular weight is 2090 g/mol. The molecule has 1 saturated carbocycles. The van der Waals surface area contributed by atoms with Crippen LogP contribution in [0, 0.1) is 17.2 Å². The fraction of sp³-hybridized carbons (Fsp3) is 0.667. The quantitative estimate of drug-likeness (QED) is 0.0257. The van der Waals surface area contributed by atoms with Crippen LogP contribution in [-0.2, 0) is 118 Å². The zero-order valence-corrected chi connectivity index (χ0v) is 85.8. The first-order valence-electron chi connectivity index (χ1n) is 51.0. The van der Waals surface area contributed by atoms with Crippen LogP contribution < -0.4 is 74.3 Å². The second-order valence-corrected chi connectivity index (χ2v) is 41.1. The van der Waals surface area contributed by atoms with Crippen molar-refractivity contribution in [3.63, 3.8) is 0 Å². The number of aromatic hydroxyl groups is 1. The summed E-state index contributed by atoms with van der Waals surface area (Å²) in [5.41, 5.74) is 6.44. The number of likely N-dealkylation sites (tertiary alicyclic amines) is 3. The molecule has 1 aliphatic carbocycles. The molecule has 23 N–H and O–H groups in total. The van der Waals surface area contributed by atoms with E-state index < -0.39 is 277 Å². The van der Waals surface area contributed by atoms with Crippen LogP contribution in [0.25, 0.3) is 0 Å². The Bertz CT molecular complexity index is 4980. The van der Waals surface area contributed by atoms with Gasteiger partial charge < -0.3 is 120 Å². The van der Waals surface area contributed by atoms with Crippen LogP contribution in [0.1, 0.15) is 291 Å². The van der Waals surface area contributed by atoms with Crippen molar-refractivity contribution in [3.8, 4) is 5.75 Å². The van der Waals surface area contributed by atoms with E-state index in [1.807, 2.05) is 20.8 Å². The van der Waals surface area contributed by atoms with Crippen LogP contribution in [-0.4, -0.2) is 301 Å². The van der Waals surface area contributed by atoms with Gasteiger partial charge in [-0.2, -0.15) is 4.72 Å². The van der Waals surface area contributed by atoms with Gasteiger partial charge in [-0.25, -0.2) is 13.2 Å². The fourth-order valence-electron chi connectivity index (χ4n) is 18.2. The van der Waals surface area contributed by atoms with Gasteiger partial charge in [-0.15, -0.1) is 0 Å². The number of nitrogens with two attached hydrogens (primary N) is 1. The number of nitrogens with zero attached hydrogens (tertiary/aromatic N) is 3. The van der Waals surface area contributed by atoms with Crippen molar-refractivity contribution in [1.29, 1.82) is 5.41 Å². The Morgan fingerprint density at radius 1 is 0.408 bits per heavy atom. The summed E-state index contributed by atoms with van der Waals surface area (Å²) < 4.78 is 30.1. The molecule has 818 valence electrons. The molecule has 48 heteroatoms. The molecule has 0 unspecified atom stereocenters. The van der Waals surface area contributed by atoms with Gasteiger partial charge in [-0.3, -0.25) is 96.5 Å². The van der Waals surface area contributed by atoms with Crippen molar-refractivity contribution in [2.45, 2.75) is 381 Å². The van der Waals surface area contributed by atoms with E-state index >= 15 is 4.79 Å². The molecule has 15 atom stereocenters. The first-order valence-corrected chi connectivity index (χ1v) is 52.5. The minimum absolute atomic E-state index is 0.0115. The van der Waals surface area contributed by atoms with Crippen molar-refractivity contribution >= 4 is 134 Å². The molecule has 147 heavy (non-hydrogen) atoms. The van der Waals surface area contributed by atoms with E-state index in [1.165, 1.54) is 48.2 Å². The summed E-state index contributed by atoms with van der Waals surface area (Å²) in [5.74, 6) is -22.7. The normalized spacial score (nSPS) is 17.8. The number of amides is 14. The van der Waals surface area contributed by atoms with Gasteiger partial charge in [0.05, 0.1) is 11.3 Å². The number of carbonyl (C=O) groups excluding carboxylic acids is 14. The lowest BCUT2D eigenvalue weighted by Crippen LogP contribution is -2.61. The number of unbranched alkanes of at least 4 members (excludes halogenated alkanes) is 8. The highest BCUT2D eigenvalue weighted by Crippen LogP contribution is 2.31. The summed E-state index contributed by atoms with van der Waals surface area (Å²) in [6, 6.07) is -9.44. The highest BCUT2D eigenvalue weighted by molar-refractivity contribution is 7.89. The average Bonchev–Trinajstić information content (AvgIpc) is 1.75. The Kier molecular flexibility index (Phi) is 51.2. The molecule has 3 aliphatic heterocycles. The Morgan fingerprint density at radius 2 is 0.844 bits per heavy atom. The standard InChI is InChI=1S/C99H152N18O29S/c1-8-58(3)83(96(142)117-54-26-31-75(117)92(138)107-67(43-47-79(122)123)87(133)106-66(42-46-78(120)121)86(132)104-59(4)84(130)110-71(55-60-27-18-17-19-28-60)89(135)109-70(97(143)144)45-49-81(126)127)113-93(139)76-32-25-53-116(76)94(140)68(44-48-80(124)125)108-88(134)72(56-61-34-38-63(118)39-35-61)111-90(136)73(57-82(128)129)112-85(131)65(9-2)105-77(119)33-20-15-13-11-10-12-14-16-22-50-102-91(137)74-30-21-23-52-115(74)95(141)69(29-24-51-103-98(100)101)114-147(145,146)64-40-36-62(37-41-64)99(5,6)7/h34-41,58-60,65-76,83,114,118H,8-33,42-57H2,1-7H3,(H,102,137)(H,104,132)(H,105,119)(H,106,133)(H,107,138)(H,108,134)(H,109,135)(H,110,130)(H,111,136)(H,112,131)(H,113,139)(H,120,121)(H,122,123)(H,124,125)(H,126,127)(H,128,129)(H,143,144)(H4,100,101,103)/t58-,59-,65-,66-,67-,68-,69-,70+,71-,72-,73-,74+,75-,76-,83-/m0/s1. The van der Waals surface area contributed by atoms with Gasteiger partial charge in [-0.1, -0.05) is 149 Å². The van der Waals surface area contributed by atoms with Crippen LogP contribution >= 0.6 is 0 Å². The molecule has 2 aromatic carbocycles. The molecule has 3 heterocycles. The number of rotatable bonds is 64. The third kappa shape index (κ3) is 41.9. The van der Waals surface area contributed by atoms with Crippen LogP contribution in [0.4, 0.5) is 0 Å². The molecular formula is C99H152N18O29S. The second-order valence-electron chi connectivity index (χ2n) is 39.4. The highest BCUT2D eigenvalue weighted by Gasteiger charge is 2.46. The summed E-state index contributed by atoms with van der Waals surface area (Å²) in [4.78, 5) is 276. The van der Waals surface area contributed by atoms with Gasteiger partial charge >= 0.3 is 35.8 Å².